The van der Waals surface area contributed by atoms with Crippen LogP contribution in [0.1, 0.15) is 51.5 Å². The Kier molecular flexibility index (Phi) is 6.75. The van der Waals surface area contributed by atoms with Gasteiger partial charge in [0, 0.05) is 13.6 Å². The van der Waals surface area contributed by atoms with Gasteiger partial charge >= 0.3 is 5.97 Å². The Morgan fingerprint density at radius 1 is 1.38 bits per heavy atom. The van der Waals surface area contributed by atoms with E-state index in [2.05, 4.69) is 0 Å². The van der Waals surface area contributed by atoms with Crippen LogP contribution in [0, 0.1) is 11.2 Å². The molecule has 1 unspecified atom stereocenters. The second kappa shape index (κ2) is 8.62. The van der Waals surface area contributed by atoms with Crippen LogP contribution in [-0.4, -0.2) is 41.1 Å². The van der Waals surface area contributed by atoms with Gasteiger partial charge in [0.15, 0.2) is 6.10 Å². The van der Waals surface area contributed by atoms with E-state index >= 15 is 0 Å². The lowest BCUT2D eigenvalue weighted by molar-refractivity contribution is -0.170. The Morgan fingerprint density at radius 3 is 2.62 bits per heavy atom. The van der Waals surface area contributed by atoms with Crippen molar-refractivity contribution < 1.29 is 23.8 Å². The first-order valence-electron chi connectivity index (χ1n) is 9.16. The fourth-order valence-electron chi connectivity index (χ4n) is 3.49. The summed E-state index contributed by atoms with van der Waals surface area (Å²) in [6.45, 7) is 3.73. The Labute approximate surface area is 154 Å². The minimum atomic E-state index is -0.906. The predicted octanol–water partition coefficient (Wildman–Crippen LogP) is 3.05. The number of ether oxygens (including phenoxy) is 1. The van der Waals surface area contributed by atoms with Crippen LogP contribution in [-0.2, 0) is 20.9 Å². The third-order valence-electron chi connectivity index (χ3n) is 5.34. The lowest BCUT2D eigenvalue weighted by atomic mass is 9.71. The zero-order valence-electron chi connectivity index (χ0n) is 15.7. The number of carbonyl (C=O) groups excluding carboxylic acids is 2. The molecule has 5 nitrogen and oxygen atoms in total. The smallest absolute Gasteiger partial charge is 0.312 e. The normalized spacial score (nSPS) is 24.0. The van der Waals surface area contributed by atoms with Crippen LogP contribution < -0.4 is 0 Å². The Bertz CT molecular complexity index is 640. The van der Waals surface area contributed by atoms with Crippen molar-refractivity contribution in [1.29, 1.82) is 0 Å². The number of aliphatic hydroxyl groups is 1. The van der Waals surface area contributed by atoms with Gasteiger partial charge in [0.1, 0.15) is 5.82 Å². The van der Waals surface area contributed by atoms with Crippen LogP contribution in [0.25, 0.3) is 0 Å². The van der Waals surface area contributed by atoms with Gasteiger partial charge in [-0.15, -0.1) is 0 Å². The van der Waals surface area contributed by atoms with Gasteiger partial charge in [-0.2, -0.15) is 0 Å². The summed E-state index contributed by atoms with van der Waals surface area (Å²) in [7, 11) is 1.60. The van der Waals surface area contributed by atoms with Gasteiger partial charge in [-0.05, 0) is 56.7 Å². The number of hydrogen-bond donors (Lipinski definition) is 1. The highest BCUT2D eigenvalue weighted by atomic mass is 19.1. The van der Waals surface area contributed by atoms with E-state index in [0.29, 0.717) is 37.7 Å². The highest BCUT2D eigenvalue weighted by Crippen LogP contribution is 2.40. The molecule has 0 aromatic heterocycles. The van der Waals surface area contributed by atoms with E-state index in [1.54, 1.807) is 26.1 Å². The zero-order chi connectivity index (χ0) is 19.3. The summed E-state index contributed by atoms with van der Waals surface area (Å²) in [6.07, 6.45) is 1.65. The van der Waals surface area contributed by atoms with Crippen LogP contribution in [0.15, 0.2) is 24.3 Å². The lowest BCUT2D eigenvalue weighted by Gasteiger charge is -2.36. The quantitative estimate of drug-likeness (QED) is 0.787. The third kappa shape index (κ3) is 4.81. The molecule has 2 rings (SSSR count). The number of benzene rings is 1. The van der Waals surface area contributed by atoms with Gasteiger partial charge in [-0.1, -0.05) is 19.1 Å². The summed E-state index contributed by atoms with van der Waals surface area (Å²) < 4.78 is 18.8. The van der Waals surface area contributed by atoms with Crippen molar-refractivity contribution in [3.8, 4) is 0 Å². The van der Waals surface area contributed by atoms with Crippen molar-refractivity contribution in [3.63, 3.8) is 0 Å². The fourth-order valence-corrected chi connectivity index (χ4v) is 3.49. The molecule has 1 fully saturated rings. The van der Waals surface area contributed by atoms with Crippen molar-refractivity contribution in [2.24, 2.45) is 5.41 Å². The first-order chi connectivity index (χ1) is 12.3. The maximum absolute atomic E-state index is 13.3. The SMILES string of the molecule is CCC1(C(=O)OC(C)C(=O)N(C)Cc2cccc(F)c2)CCC(O)CC1. The summed E-state index contributed by atoms with van der Waals surface area (Å²) in [6, 6.07) is 6.05. The maximum atomic E-state index is 13.3. The third-order valence-corrected chi connectivity index (χ3v) is 5.34. The number of amides is 1. The van der Waals surface area contributed by atoms with Crippen molar-refractivity contribution >= 4 is 11.9 Å². The van der Waals surface area contributed by atoms with E-state index in [9.17, 15) is 19.1 Å². The van der Waals surface area contributed by atoms with Gasteiger partial charge in [-0.25, -0.2) is 4.39 Å². The Morgan fingerprint density at radius 2 is 2.04 bits per heavy atom. The molecule has 1 N–H and O–H groups in total. The Hall–Kier alpha value is -1.95. The molecular formula is C20H28FNO4. The molecule has 1 aromatic rings. The van der Waals surface area contributed by atoms with E-state index in [1.807, 2.05) is 6.92 Å². The molecule has 0 aliphatic heterocycles. The fraction of sp³-hybridized carbons (Fsp3) is 0.600. The number of rotatable bonds is 6. The second-order valence-electron chi connectivity index (χ2n) is 7.24. The molecule has 1 aliphatic carbocycles. The molecule has 0 spiro atoms. The van der Waals surface area contributed by atoms with Crippen LogP contribution in [0.3, 0.4) is 0 Å². The number of nitrogens with zero attached hydrogens (tertiary/aromatic N) is 1. The predicted molar refractivity (Wildman–Crippen MR) is 95.6 cm³/mol. The molecule has 26 heavy (non-hydrogen) atoms. The molecule has 0 saturated heterocycles. The van der Waals surface area contributed by atoms with E-state index in [1.165, 1.54) is 17.0 Å². The van der Waals surface area contributed by atoms with Gasteiger partial charge < -0.3 is 14.7 Å². The average molecular weight is 365 g/mol. The van der Waals surface area contributed by atoms with Crippen molar-refractivity contribution in [1.82, 2.24) is 4.90 Å². The summed E-state index contributed by atoms with van der Waals surface area (Å²) in [4.78, 5) is 26.6. The minimum absolute atomic E-state index is 0.240. The van der Waals surface area contributed by atoms with Crippen LogP contribution in [0.4, 0.5) is 4.39 Å². The number of likely N-dealkylation sites (N-methyl/N-ethyl adjacent to an activating group) is 1. The molecule has 6 heteroatoms. The first kappa shape index (κ1) is 20.4. The highest BCUT2D eigenvalue weighted by Gasteiger charge is 2.42. The topological polar surface area (TPSA) is 66.8 Å². The molecule has 144 valence electrons. The Balaban J connectivity index is 1.95. The summed E-state index contributed by atoms with van der Waals surface area (Å²) >= 11 is 0. The standard InChI is InChI=1S/C20H28FNO4/c1-4-20(10-8-17(23)9-11-20)19(25)26-14(2)18(24)22(3)13-15-6-5-7-16(21)12-15/h5-7,12,14,17,23H,4,8-11,13H2,1-3H3. The zero-order valence-corrected chi connectivity index (χ0v) is 15.7. The number of esters is 1. The van der Waals surface area contributed by atoms with E-state index in [4.69, 9.17) is 4.74 Å². The molecule has 1 aromatic carbocycles. The monoisotopic (exact) mass is 365 g/mol. The van der Waals surface area contributed by atoms with Crippen molar-refractivity contribution in [2.45, 2.75) is 64.7 Å². The molecular weight excluding hydrogens is 337 g/mol. The minimum Gasteiger partial charge on any atom is -0.452 e. The first-order valence-corrected chi connectivity index (χ1v) is 9.16. The largest absolute Gasteiger partial charge is 0.452 e. The summed E-state index contributed by atoms with van der Waals surface area (Å²) in [5.74, 6) is -1.05. The van der Waals surface area contributed by atoms with Crippen molar-refractivity contribution in [2.75, 3.05) is 7.05 Å². The molecule has 1 aliphatic rings. The van der Waals surface area contributed by atoms with Crippen LogP contribution in [0.5, 0.6) is 0 Å². The van der Waals surface area contributed by atoms with E-state index in [-0.39, 0.29) is 30.3 Å². The molecule has 1 amide bonds. The molecule has 1 saturated carbocycles. The van der Waals surface area contributed by atoms with Crippen molar-refractivity contribution in [3.05, 3.63) is 35.6 Å². The molecule has 1 atom stereocenters. The number of aliphatic hydroxyl groups excluding tert-OH is 1. The molecule has 0 radical (unpaired) electrons. The van der Waals surface area contributed by atoms with E-state index in [0.717, 1.165) is 0 Å². The molecule has 0 heterocycles. The van der Waals surface area contributed by atoms with Crippen LogP contribution >= 0.6 is 0 Å². The summed E-state index contributed by atoms with van der Waals surface area (Å²) in [5, 5.41) is 9.68. The lowest BCUT2D eigenvalue weighted by Crippen LogP contribution is -2.43. The molecule has 0 bridgehead atoms. The van der Waals surface area contributed by atoms with Gasteiger partial charge in [-0.3, -0.25) is 9.59 Å². The average Bonchev–Trinajstić information content (AvgIpc) is 2.61. The van der Waals surface area contributed by atoms with Gasteiger partial charge in [0.25, 0.3) is 5.91 Å². The second-order valence-corrected chi connectivity index (χ2v) is 7.24. The number of halogens is 1. The summed E-state index contributed by atoms with van der Waals surface area (Å²) in [5.41, 5.74) is 0.0557. The van der Waals surface area contributed by atoms with E-state index < -0.39 is 11.5 Å². The van der Waals surface area contributed by atoms with Crippen LogP contribution in [0.2, 0.25) is 0 Å². The number of carbonyl (C=O) groups is 2. The highest BCUT2D eigenvalue weighted by molar-refractivity contribution is 5.85. The number of hydrogen-bond acceptors (Lipinski definition) is 4. The van der Waals surface area contributed by atoms with Gasteiger partial charge in [0.2, 0.25) is 0 Å². The maximum Gasteiger partial charge on any atom is 0.312 e. The van der Waals surface area contributed by atoms with Gasteiger partial charge in [0.05, 0.1) is 11.5 Å².